The van der Waals surface area contributed by atoms with E-state index >= 15 is 0 Å². The summed E-state index contributed by atoms with van der Waals surface area (Å²) < 4.78 is 4.78. The molecule has 1 rings (SSSR count). The Balaban J connectivity index is 2.09. The van der Waals surface area contributed by atoms with Crippen molar-refractivity contribution in [3.8, 4) is 0 Å². The minimum atomic E-state index is -0.00984. The van der Waals surface area contributed by atoms with E-state index in [9.17, 15) is 0 Å². The highest BCUT2D eigenvalue weighted by Crippen LogP contribution is 2.26. The quantitative estimate of drug-likeness (QED) is 0.428. The average Bonchev–Trinajstić information content (AvgIpc) is 2.19. The molecule has 0 N–H and O–H groups in total. The Morgan fingerprint density at radius 3 is 2.33 bits per heavy atom. The van der Waals surface area contributed by atoms with Crippen LogP contribution in [0.3, 0.4) is 0 Å². The standard InChI is InChI=1S/C3H4BrClO/c4-1-2-3(5)6-2/h2-3H,1H2/t2-,3+/m1/s1. The fourth-order valence-corrected chi connectivity index (χ4v) is 1.16. The van der Waals surface area contributed by atoms with Gasteiger partial charge in [-0.05, 0) is 0 Å². The number of epoxide rings is 1. The smallest absolute Gasteiger partial charge is 0.158 e. The molecule has 36 valence electrons. The summed E-state index contributed by atoms with van der Waals surface area (Å²) in [5, 5.41) is 0.862. The maximum atomic E-state index is 5.40. The van der Waals surface area contributed by atoms with Gasteiger partial charge >= 0.3 is 0 Å². The predicted octanol–water partition coefficient (Wildman–Crippen LogP) is 1.34. The summed E-state index contributed by atoms with van der Waals surface area (Å²) in [6.45, 7) is 0. The van der Waals surface area contributed by atoms with Crippen LogP contribution < -0.4 is 0 Å². The van der Waals surface area contributed by atoms with Gasteiger partial charge in [0.1, 0.15) is 6.10 Å². The van der Waals surface area contributed by atoms with E-state index in [4.69, 9.17) is 16.3 Å². The van der Waals surface area contributed by atoms with Crippen molar-refractivity contribution in [3.05, 3.63) is 0 Å². The van der Waals surface area contributed by atoms with Gasteiger partial charge in [-0.2, -0.15) is 0 Å². The van der Waals surface area contributed by atoms with Gasteiger partial charge in [-0.1, -0.05) is 27.5 Å². The minimum absolute atomic E-state index is 0.00984. The van der Waals surface area contributed by atoms with Gasteiger partial charge in [0.15, 0.2) is 5.56 Å². The molecule has 0 spiro atoms. The summed E-state index contributed by atoms with van der Waals surface area (Å²) in [7, 11) is 0. The van der Waals surface area contributed by atoms with E-state index in [0.29, 0.717) is 0 Å². The van der Waals surface area contributed by atoms with Crippen molar-refractivity contribution in [1.29, 1.82) is 0 Å². The molecule has 0 aromatic heterocycles. The van der Waals surface area contributed by atoms with E-state index in [-0.39, 0.29) is 11.7 Å². The summed E-state index contributed by atoms with van der Waals surface area (Å²) in [6.07, 6.45) is 0.284. The lowest BCUT2D eigenvalue weighted by Crippen LogP contribution is -1.84. The minimum Gasteiger partial charge on any atom is -0.352 e. The lowest BCUT2D eigenvalue weighted by molar-refractivity contribution is 0.415. The van der Waals surface area contributed by atoms with Gasteiger partial charge in [0, 0.05) is 5.33 Å². The lowest BCUT2D eigenvalue weighted by atomic mass is 10.6. The summed E-state index contributed by atoms with van der Waals surface area (Å²) in [5.41, 5.74) is -0.00984. The van der Waals surface area contributed by atoms with Gasteiger partial charge in [-0.25, -0.2) is 0 Å². The normalized spacial score (nSPS) is 43.0. The second-order valence-electron chi connectivity index (χ2n) is 1.18. The van der Waals surface area contributed by atoms with E-state index < -0.39 is 0 Å². The first kappa shape index (κ1) is 4.88. The molecule has 1 aliphatic heterocycles. The Morgan fingerprint density at radius 2 is 2.33 bits per heavy atom. The van der Waals surface area contributed by atoms with Crippen LogP contribution in [0, 0.1) is 0 Å². The highest BCUT2D eigenvalue weighted by atomic mass is 79.9. The molecular weight excluding hydrogens is 167 g/mol. The molecule has 0 radical (unpaired) electrons. The van der Waals surface area contributed by atoms with Crippen LogP contribution in [0.15, 0.2) is 0 Å². The monoisotopic (exact) mass is 170 g/mol. The zero-order valence-corrected chi connectivity index (χ0v) is 5.37. The highest BCUT2D eigenvalue weighted by Gasteiger charge is 2.35. The number of hydrogen-bond acceptors (Lipinski definition) is 1. The number of alkyl halides is 2. The number of ether oxygens (including phenoxy) is 1. The SMILES string of the molecule is Cl[C@H]1O[C@@H]1CBr. The first-order valence-electron chi connectivity index (χ1n) is 1.70. The van der Waals surface area contributed by atoms with Crippen LogP contribution in [-0.4, -0.2) is 17.0 Å². The van der Waals surface area contributed by atoms with Crippen molar-refractivity contribution < 1.29 is 4.74 Å². The van der Waals surface area contributed by atoms with Crippen LogP contribution in [0.1, 0.15) is 0 Å². The third-order valence-corrected chi connectivity index (χ3v) is 1.69. The van der Waals surface area contributed by atoms with Crippen molar-refractivity contribution >= 4 is 27.5 Å². The second-order valence-corrected chi connectivity index (χ2v) is 2.26. The van der Waals surface area contributed by atoms with Crippen molar-refractivity contribution in [2.24, 2.45) is 0 Å². The average molecular weight is 171 g/mol. The molecule has 0 aromatic carbocycles. The van der Waals surface area contributed by atoms with E-state index in [1.807, 2.05) is 0 Å². The summed E-state index contributed by atoms with van der Waals surface area (Å²) in [5.74, 6) is 0. The Kier molecular flexibility index (Phi) is 1.37. The molecule has 2 atom stereocenters. The fourth-order valence-electron chi connectivity index (χ4n) is 0.228. The van der Waals surface area contributed by atoms with Crippen LogP contribution in [0.5, 0.6) is 0 Å². The molecule has 6 heavy (non-hydrogen) atoms. The molecule has 3 heteroatoms. The Labute approximate surface area is 49.7 Å². The van der Waals surface area contributed by atoms with Crippen molar-refractivity contribution in [2.45, 2.75) is 11.7 Å². The molecule has 0 aromatic rings. The van der Waals surface area contributed by atoms with Crippen molar-refractivity contribution in [1.82, 2.24) is 0 Å². The topological polar surface area (TPSA) is 12.5 Å². The van der Waals surface area contributed by atoms with Gasteiger partial charge in [-0.15, -0.1) is 0 Å². The molecule has 1 aliphatic rings. The highest BCUT2D eigenvalue weighted by molar-refractivity contribution is 9.09. The Hall–Kier alpha value is 0.730. The van der Waals surface area contributed by atoms with Crippen LogP contribution >= 0.6 is 27.5 Å². The predicted molar refractivity (Wildman–Crippen MR) is 28.3 cm³/mol. The largest absolute Gasteiger partial charge is 0.352 e. The number of hydrogen-bond donors (Lipinski definition) is 0. The van der Waals surface area contributed by atoms with Gasteiger partial charge in [0.05, 0.1) is 0 Å². The first-order chi connectivity index (χ1) is 2.84. The van der Waals surface area contributed by atoms with Gasteiger partial charge in [0.2, 0.25) is 0 Å². The Bertz CT molecular complexity index is 56.8. The molecule has 0 amide bonds. The molecular formula is C3H4BrClO. The lowest BCUT2D eigenvalue weighted by Gasteiger charge is -1.69. The molecule has 0 bridgehead atoms. The fraction of sp³-hybridized carbons (Fsp3) is 1.00. The first-order valence-corrected chi connectivity index (χ1v) is 3.26. The van der Waals surface area contributed by atoms with E-state index in [1.165, 1.54) is 0 Å². The van der Waals surface area contributed by atoms with Crippen molar-refractivity contribution in [3.63, 3.8) is 0 Å². The van der Waals surface area contributed by atoms with Crippen LogP contribution in [0.2, 0.25) is 0 Å². The van der Waals surface area contributed by atoms with E-state index in [0.717, 1.165) is 5.33 Å². The van der Waals surface area contributed by atoms with Gasteiger partial charge in [-0.3, -0.25) is 0 Å². The molecule has 0 saturated carbocycles. The number of rotatable bonds is 1. The molecule has 0 aliphatic carbocycles. The molecule has 1 saturated heterocycles. The Morgan fingerprint density at radius 1 is 1.83 bits per heavy atom. The zero-order chi connectivity index (χ0) is 4.57. The maximum absolute atomic E-state index is 5.40. The van der Waals surface area contributed by atoms with Crippen molar-refractivity contribution in [2.75, 3.05) is 5.33 Å². The van der Waals surface area contributed by atoms with Crippen LogP contribution in [0.25, 0.3) is 0 Å². The van der Waals surface area contributed by atoms with Crippen LogP contribution in [0.4, 0.5) is 0 Å². The number of halogens is 2. The molecule has 1 nitrogen and oxygen atoms in total. The van der Waals surface area contributed by atoms with Gasteiger partial charge in [0.25, 0.3) is 0 Å². The summed E-state index contributed by atoms with van der Waals surface area (Å²) in [6, 6.07) is 0. The molecule has 1 fully saturated rings. The maximum Gasteiger partial charge on any atom is 0.158 e. The third kappa shape index (κ3) is 0.863. The summed E-state index contributed by atoms with van der Waals surface area (Å²) in [4.78, 5) is 0. The van der Waals surface area contributed by atoms with Gasteiger partial charge < -0.3 is 4.74 Å². The molecule has 0 unspecified atom stereocenters. The van der Waals surface area contributed by atoms with E-state index in [1.54, 1.807) is 0 Å². The van der Waals surface area contributed by atoms with E-state index in [2.05, 4.69) is 15.9 Å². The van der Waals surface area contributed by atoms with Crippen LogP contribution in [-0.2, 0) is 4.74 Å². The zero-order valence-electron chi connectivity index (χ0n) is 3.03. The second kappa shape index (κ2) is 1.68. The summed E-state index contributed by atoms with van der Waals surface area (Å²) >= 11 is 8.61. The third-order valence-electron chi connectivity index (χ3n) is 0.673. The molecule has 1 heterocycles.